The van der Waals surface area contributed by atoms with E-state index >= 15 is 0 Å². The molecule has 0 spiro atoms. The second kappa shape index (κ2) is 8.81. The van der Waals surface area contributed by atoms with Crippen molar-refractivity contribution in [1.29, 1.82) is 0 Å². The summed E-state index contributed by atoms with van der Waals surface area (Å²) in [7, 11) is 0. The molecule has 0 unspecified atom stereocenters. The molecule has 3 nitrogen and oxygen atoms in total. The van der Waals surface area contributed by atoms with E-state index < -0.39 is 11.7 Å². The van der Waals surface area contributed by atoms with Crippen LogP contribution in [-0.4, -0.2) is 19.0 Å². The molecule has 0 fully saturated rings. The van der Waals surface area contributed by atoms with E-state index in [-0.39, 0.29) is 24.7 Å². The quantitative estimate of drug-likeness (QED) is 0.793. The SMILES string of the molecule is Cl.NCCCCNC(=O)Cc1ccc(C(F)(F)F)cc1. The summed E-state index contributed by atoms with van der Waals surface area (Å²) in [5.74, 6) is -0.197. The minimum atomic E-state index is -4.34. The topological polar surface area (TPSA) is 55.1 Å². The smallest absolute Gasteiger partial charge is 0.356 e. The Labute approximate surface area is 122 Å². The predicted molar refractivity (Wildman–Crippen MR) is 73.7 cm³/mol. The van der Waals surface area contributed by atoms with E-state index in [4.69, 9.17) is 5.73 Å². The van der Waals surface area contributed by atoms with Crippen LogP contribution in [0.1, 0.15) is 24.0 Å². The van der Waals surface area contributed by atoms with Gasteiger partial charge in [-0.05, 0) is 37.1 Å². The molecule has 1 aromatic carbocycles. The molecule has 0 aliphatic carbocycles. The van der Waals surface area contributed by atoms with Crippen LogP contribution in [0.4, 0.5) is 13.2 Å². The number of carbonyl (C=O) groups excluding carboxylic acids is 1. The number of rotatable bonds is 6. The lowest BCUT2D eigenvalue weighted by Crippen LogP contribution is -2.26. The van der Waals surface area contributed by atoms with Crippen molar-refractivity contribution in [3.8, 4) is 0 Å². The number of alkyl halides is 3. The average Bonchev–Trinajstić information content (AvgIpc) is 2.34. The number of amides is 1. The van der Waals surface area contributed by atoms with E-state index in [9.17, 15) is 18.0 Å². The second-order valence-corrected chi connectivity index (χ2v) is 4.22. The number of nitrogens with one attached hydrogen (secondary N) is 1. The fraction of sp³-hybridized carbons (Fsp3) is 0.462. The van der Waals surface area contributed by atoms with Crippen LogP contribution in [0.15, 0.2) is 24.3 Å². The van der Waals surface area contributed by atoms with E-state index in [0.717, 1.165) is 25.0 Å². The maximum atomic E-state index is 12.3. The number of carbonyl (C=O) groups is 1. The zero-order valence-corrected chi connectivity index (χ0v) is 11.7. The Bertz CT molecular complexity index is 407. The monoisotopic (exact) mass is 310 g/mol. The molecule has 0 aliphatic heterocycles. The van der Waals surface area contributed by atoms with Crippen LogP contribution >= 0.6 is 12.4 Å². The molecule has 20 heavy (non-hydrogen) atoms. The average molecular weight is 311 g/mol. The van der Waals surface area contributed by atoms with Crippen LogP contribution in [-0.2, 0) is 17.4 Å². The molecule has 1 rings (SSSR count). The highest BCUT2D eigenvalue weighted by molar-refractivity contribution is 5.85. The van der Waals surface area contributed by atoms with Gasteiger partial charge in [-0.1, -0.05) is 12.1 Å². The fourth-order valence-corrected chi connectivity index (χ4v) is 1.56. The number of hydrogen-bond acceptors (Lipinski definition) is 2. The van der Waals surface area contributed by atoms with Crippen LogP contribution in [0.25, 0.3) is 0 Å². The van der Waals surface area contributed by atoms with Gasteiger partial charge in [-0.15, -0.1) is 12.4 Å². The van der Waals surface area contributed by atoms with Gasteiger partial charge in [0.2, 0.25) is 5.91 Å². The summed E-state index contributed by atoms with van der Waals surface area (Å²) >= 11 is 0. The highest BCUT2D eigenvalue weighted by atomic mass is 35.5. The maximum absolute atomic E-state index is 12.3. The van der Waals surface area contributed by atoms with Gasteiger partial charge in [0.05, 0.1) is 12.0 Å². The van der Waals surface area contributed by atoms with Gasteiger partial charge in [0, 0.05) is 6.54 Å². The van der Waals surface area contributed by atoms with Crippen molar-refractivity contribution in [3.05, 3.63) is 35.4 Å². The molecule has 0 atom stereocenters. The zero-order chi connectivity index (χ0) is 14.3. The van der Waals surface area contributed by atoms with Gasteiger partial charge in [0.25, 0.3) is 0 Å². The largest absolute Gasteiger partial charge is 0.416 e. The Balaban J connectivity index is 0.00000361. The Hall–Kier alpha value is -1.27. The molecule has 0 aromatic heterocycles. The first-order valence-corrected chi connectivity index (χ1v) is 6.06. The van der Waals surface area contributed by atoms with Gasteiger partial charge >= 0.3 is 6.18 Å². The molecule has 7 heteroatoms. The Morgan fingerprint density at radius 1 is 1.15 bits per heavy atom. The third-order valence-corrected chi connectivity index (χ3v) is 2.60. The summed E-state index contributed by atoms with van der Waals surface area (Å²) in [6, 6.07) is 4.61. The van der Waals surface area contributed by atoms with E-state index in [0.29, 0.717) is 18.7 Å². The Morgan fingerprint density at radius 3 is 2.25 bits per heavy atom. The normalized spacial score (nSPS) is 10.8. The van der Waals surface area contributed by atoms with Gasteiger partial charge in [-0.25, -0.2) is 0 Å². The third kappa shape index (κ3) is 6.77. The van der Waals surface area contributed by atoms with Crippen LogP contribution in [0.3, 0.4) is 0 Å². The summed E-state index contributed by atoms with van der Waals surface area (Å²) in [6.45, 7) is 1.12. The van der Waals surface area contributed by atoms with Gasteiger partial charge in [-0.3, -0.25) is 4.79 Å². The molecule has 0 saturated carbocycles. The lowest BCUT2D eigenvalue weighted by atomic mass is 10.1. The second-order valence-electron chi connectivity index (χ2n) is 4.22. The molecular weight excluding hydrogens is 293 g/mol. The van der Waals surface area contributed by atoms with E-state index in [1.807, 2.05) is 0 Å². The highest BCUT2D eigenvalue weighted by Crippen LogP contribution is 2.29. The molecule has 0 radical (unpaired) electrons. The summed E-state index contributed by atoms with van der Waals surface area (Å²) in [5, 5.41) is 2.69. The Kier molecular flexibility index (Phi) is 8.25. The number of hydrogen-bond donors (Lipinski definition) is 2. The van der Waals surface area contributed by atoms with Crippen molar-refractivity contribution in [2.75, 3.05) is 13.1 Å². The van der Waals surface area contributed by atoms with Crippen molar-refractivity contribution in [1.82, 2.24) is 5.32 Å². The first-order valence-electron chi connectivity index (χ1n) is 6.06. The first-order chi connectivity index (χ1) is 8.93. The summed E-state index contributed by atoms with van der Waals surface area (Å²) in [6.07, 6.45) is -2.63. The minimum absolute atomic E-state index is 0. The van der Waals surface area contributed by atoms with E-state index in [2.05, 4.69) is 5.32 Å². The first kappa shape index (κ1) is 18.7. The van der Waals surface area contributed by atoms with Gasteiger partial charge in [0.1, 0.15) is 0 Å². The molecule has 0 aliphatic rings. The highest BCUT2D eigenvalue weighted by Gasteiger charge is 2.29. The van der Waals surface area contributed by atoms with Crippen molar-refractivity contribution in [2.45, 2.75) is 25.4 Å². The van der Waals surface area contributed by atoms with Crippen LogP contribution in [0.2, 0.25) is 0 Å². The van der Waals surface area contributed by atoms with E-state index in [1.165, 1.54) is 12.1 Å². The molecule has 3 N–H and O–H groups in total. The molecule has 1 amide bonds. The molecule has 0 heterocycles. The van der Waals surface area contributed by atoms with Gasteiger partial charge in [0.15, 0.2) is 0 Å². The minimum Gasteiger partial charge on any atom is -0.356 e. The lowest BCUT2D eigenvalue weighted by molar-refractivity contribution is -0.137. The number of benzene rings is 1. The zero-order valence-electron chi connectivity index (χ0n) is 10.9. The van der Waals surface area contributed by atoms with Crippen molar-refractivity contribution in [3.63, 3.8) is 0 Å². The van der Waals surface area contributed by atoms with Gasteiger partial charge in [-0.2, -0.15) is 13.2 Å². The molecule has 0 saturated heterocycles. The van der Waals surface area contributed by atoms with Crippen LogP contribution < -0.4 is 11.1 Å². The van der Waals surface area contributed by atoms with Crippen molar-refractivity contribution in [2.24, 2.45) is 5.73 Å². The van der Waals surface area contributed by atoms with Crippen LogP contribution in [0, 0.1) is 0 Å². The maximum Gasteiger partial charge on any atom is 0.416 e. The van der Waals surface area contributed by atoms with Crippen LogP contribution in [0.5, 0.6) is 0 Å². The van der Waals surface area contributed by atoms with Crippen molar-refractivity contribution < 1.29 is 18.0 Å². The molecule has 1 aromatic rings. The number of halogens is 4. The number of nitrogens with two attached hydrogens (primary N) is 1. The summed E-state index contributed by atoms with van der Waals surface area (Å²) in [5.41, 5.74) is 5.16. The molecule has 0 bridgehead atoms. The summed E-state index contributed by atoms with van der Waals surface area (Å²) in [4.78, 5) is 11.5. The van der Waals surface area contributed by atoms with Crippen molar-refractivity contribution >= 4 is 18.3 Å². The predicted octanol–water partition coefficient (Wildman–Crippen LogP) is 2.52. The summed E-state index contributed by atoms with van der Waals surface area (Å²) < 4.78 is 37.0. The third-order valence-electron chi connectivity index (χ3n) is 2.60. The Morgan fingerprint density at radius 2 is 1.75 bits per heavy atom. The fourth-order valence-electron chi connectivity index (χ4n) is 1.56. The molecular formula is C13H18ClF3N2O. The molecule has 114 valence electrons. The lowest BCUT2D eigenvalue weighted by Gasteiger charge is -2.08. The van der Waals surface area contributed by atoms with E-state index in [1.54, 1.807) is 0 Å². The standard InChI is InChI=1S/C13H17F3N2O.ClH/c14-13(15,16)11-5-3-10(4-6-11)9-12(19)18-8-2-1-7-17;/h3-6H,1-2,7-9,17H2,(H,18,19);1H. The van der Waals surface area contributed by atoms with Gasteiger partial charge < -0.3 is 11.1 Å². The number of unbranched alkanes of at least 4 members (excludes halogenated alkanes) is 1.